The number of aromatic hydroxyl groups is 3. The molecule has 0 spiro atoms. The number of carbonyl (C=O) groups is 1. The van der Waals surface area contributed by atoms with Crippen LogP contribution >= 0.6 is 0 Å². The molecule has 53 heavy (non-hydrogen) atoms. The Balaban J connectivity index is 0.000000266. The predicted molar refractivity (Wildman–Crippen MR) is 197 cm³/mol. The third-order valence-electron chi connectivity index (χ3n) is 14.9. The van der Waals surface area contributed by atoms with E-state index in [1.807, 2.05) is 0 Å². The van der Waals surface area contributed by atoms with Gasteiger partial charge in [-0.1, -0.05) is 51.4 Å². The number of phenolic OH excluding ortho intramolecular Hbond substituents is 3. The predicted octanol–water partition coefficient (Wildman–Crippen LogP) is 3.41. The Morgan fingerprint density at radius 2 is 0.811 bits per heavy atom. The molecule has 5 aliphatic heterocycles. The van der Waals surface area contributed by atoms with E-state index in [1.165, 1.54) is 96.3 Å². The van der Waals surface area contributed by atoms with E-state index < -0.39 is 23.2 Å². The summed E-state index contributed by atoms with van der Waals surface area (Å²) >= 11 is 0. The van der Waals surface area contributed by atoms with E-state index in [2.05, 4.69) is 49.0 Å². The summed E-state index contributed by atoms with van der Waals surface area (Å²) in [6.07, 6.45) is 26.4. The van der Waals surface area contributed by atoms with Crippen LogP contribution in [0, 0.1) is 53.8 Å². The van der Waals surface area contributed by atoms with Crippen LogP contribution in [0.25, 0.3) is 5.73 Å². The first-order chi connectivity index (χ1) is 25.3. The van der Waals surface area contributed by atoms with Gasteiger partial charge in [0.2, 0.25) is 0 Å². The van der Waals surface area contributed by atoms with Crippen LogP contribution in [0.4, 0.5) is 0 Å². The molecule has 10 rings (SSSR count). The van der Waals surface area contributed by atoms with Gasteiger partial charge in [-0.3, -0.25) is 42.5 Å². The average molecular weight is 785 g/mol. The SMILES string of the molecule is [CH-]1CCCC2C3NC(NC4NC(NC5NC(NC6NC(N3)C3CCCCC63)C3CCCCC53)C3CCCCC43)C12.[NH-]C(=O)c1cc(O)c(O)c(O)c1.[Zn+2]. The van der Waals surface area contributed by atoms with Crippen molar-refractivity contribution in [1.82, 2.24) is 42.5 Å². The molecule has 9 fully saturated rings. The molecule has 9 aliphatic rings. The third-order valence-corrected chi connectivity index (χ3v) is 14.9. The van der Waals surface area contributed by atoms with Crippen molar-refractivity contribution < 1.29 is 39.6 Å². The number of phenols is 3. The van der Waals surface area contributed by atoms with Gasteiger partial charge in [-0.2, -0.15) is 6.42 Å². The quantitative estimate of drug-likeness (QED) is 0.113. The Labute approximate surface area is 327 Å². The molecule has 12 N–H and O–H groups in total. The fourth-order valence-electron chi connectivity index (χ4n) is 12.5. The van der Waals surface area contributed by atoms with Crippen molar-refractivity contribution in [2.45, 2.75) is 146 Å². The molecule has 5 saturated heterocycles. The number of nitrogens with one attached hydrogen (secondary N) is 9. The van der Waals surface area contributed by atoms with Gasteiger partial charge in [0.05, 0.1) is 49.1 Å². The summed E-state index contributed by atoms with van der Waals surface area (Å²) in [5, 5.41) is 60.3. The van der Waals surface area contributed by atoms with Gasteiger partial charge >= 0.3 is 19.5 Å². The summed E-state index contributed by atoms with van der Waals surface area (Å²) in [4.78, 5) is 10.4. The van der Waals surface area contributed by atoms with E-state index in [0.29, 0.717) is 61.2 Å². The molecule has 1 amide bonds. The molecule has 1 aromatic carbocycles. The zero-order chi connectivity index (χ0) is 35.5. The van der Waals surface area contributed by atoms with E-state index in [-0.39, 0.29) is 25.0 Å². The van der Waals surface area contributed by atoms with Gasteiger partial charge in [-0.15, -0.1) is 5.92 Å². The molecule has 0 aromatic heterocycles. The van der Waals surface area contributed by atoms with Gasteiger partial charge in [-0.05, 0) is 92.1 Å². The number of amides is 1. The summed E-state index contributed by atoms with van der Waals surface area (Å²) in [5.41, 5.74) is 6.46. The van der Waals surface area contributed by atoms with Crippen LogP contribution in [-0.4, -0.2) is 70.6 Å². The zero-order valence-corrected chi connectivity index (χ0v) is 34.0. The molecule has 0 radical (unpaired) electrons. The van der Waals surface area contributed by atoms with E-state index >= 15 is 0 Å². The van der Waals surface area contributed by atoms with Crippen molar-refractivity contribution in [1.29, 1.82) is 0 Å². The number of benzene rings is 1. The van der Waals surface area contributed by atoms with Gasteiger partial charge in [0, 0.05) is 11.7 Å². The third kappa shape index (κ3) is 7.39. The normalized spacial score (nSPS) is 45.7. The van der Waals surface area contributed by atoms with Crippen molar-refractivity contribution in [2.24, 2.45) is 47.3 Å². The number of carbonyl (C=O) groups excluding carboxylic acids is 1. The molecule has 16 atom stereocenters. The molecule has 13 nitrogen and oxygen atoms in total. The fourth-order valence-corrected chi connectivity index (χ4v) is 12.5. The molecule has 4 saturated carbocycles. The second-order valence-electron chi connectivity index (χ2n) is 17.6. The summed E-state index contributed by atoms with van der Waals surface area (Å²) in [5.74, 6) is 2.76. The van der Waals surface area contributed by atoms with Gasteiger partial charge in [0.15, 0.2) is 17.2 Å². The van der Waals surface area contributed by atoms with E-state index in [9.17, 15) is 4.79 Å². The zero-order valence-electron chi connectivity index (χ0n) is 31.0. The summed E-state index contributed by atoms with van der Waals surface area (Å²) in [6, 6.07) is 1.81. The van der Waals surface area contributed by atoms with Crippen LogP contribution < -0.4 is 42.5 Å². The molecule has 5 heterocycles. The second kappa shape index (κ2) is 16.1. The van der Waals surface area contributed by atoms with Crippen LogP contribution in [0.1, 0.15) is 107 Å². The van der Waals surface area contributed by atoms with Crippen LogP contribution in [-0.2, 0) is 19.5 Å². The molecule has 288 valence electrons. The summed E-state index contributed by atoms with van der Waals surface area (Å²) in [6.45, 7) is 0. The number of rotatable bonds is 1. The van der Waals surface area contributed by atoms with Gasteiger partial charge in [-0.25, -0.2) is 0 Å². The molecule has 1 aromatic rings. The molecule has 16 unspecified atom stereocenters. The van der Waals surface area contributed by atoms with Crippen molar-refractivity contribution in [3.05, 3.63) is 29.9 Å². The van der Waals surface area contributed by atoms with Crippen LogP contribution in [0.2, 0.25) is 0 Å². The first kappa shape index (κ1) is 38.3. The number of fused-ring (bicyclic) bond motifs is 20. The van der Waals surface area contributed by atoms with Crippen LogP contribution in [0.5, 0.6) is 17.2 Å². The standard InChI is InChI=1S/C32H55N8.C7H7NO4.Zn/c1-2-10-18-17(9-1)25-33-26(18)38-28-21-13-5-6-14-22(21)30(35-28)40-32-24-16-8-7-15-23(24)31(36-32)39-29-20-12-4-3-11-19(20)27(34-29)37-25;8-7(12)3-1-4(9)6(11)5(10)2-3;/h9,17-40H,1-8,10-16H2;1-2H,(H5,8,9,10,11,12);/q-1;;+2/p-1. The van der Waals surface area contributed by atoms with Crippen LogP contribution in [0.15, 0.2) is 12.1 Å². The Morgan fingerprint density at radius 1 is 0.509 bits per heavy atom. The topological polar surface area (TPSA) is 198 Å². The van der Waals surface area contributed by atoms with Gasteiger partial charge in [0.1, 0.15) is 0 Å². The second-order valence-corrected chi connectivity index (χ2v) is 17.6. The molecule has 4 aliphatic carbocycles. The van der Waals surface area contributed by atoms with Gasteiger partial charge < -0.3 is 32.3 Å². The minimum Gasteiger partial charge on any atom is -0.664 e. The van der Waals surface area contributed by atoms with E-state index in [0.717, 1.165) is 47.6 Å². The van der Waals surface area contributed by atoms with E-state index in [1.54, 1.807) is 0 Å². The molecule has 8 bridgehead atoms. The van der Waals surface area contributed by atoms with Crippen molar-refractivity contribution in [3.8, 4) is 17.2 Å². The Bertz CT molecular complexity index is 1230. The maximum Gasteiger partial charge on any atom is 2.00 e. The minimum atomic E-state index is -1.04. The minimum absolute atomic E-state index is 0. The monoisotopic (exact) mass is 783 g/mol. The molecular weight excluding hydrogens is 724 g/mol. The van der Waals surface area contributed by atoms with Crippen LogP contribution in [0.3, 0.4) is 0 Å². The smallest absolute Gasteiger partial charge is 0.664 e. The van der Waals surface area contributed by atoms with E-state index in [4.69, 9.17) is 21.1 Å². The fraction of sp³-hybridized carbons (Fsp3) is 0.795. The van der Waals surface area contributed by atoms with Crippen molar-refractivity contribution in [2.75, 3.05) is 0 Å². The Morgan fingerprint density at radius 3 is 1.15 bits per heavy atom. The van der Waals surface area contributed by atoms with Crippen molar-refractivity contribution >= 4 is 5.91 Å². The first-order valence-electron chi connectivity index (χ1n) is 20.7. The average Bonchev–Trinajstić information content (AvgIpc) is 3.90. The maximum atomic E-state index is 10.4. The molecular formula is C39H61N9O4Zn. The Hall–Kier alpha value is -1.61. The number of hydrogen-bond acceptors (Lipinski definition) is 12. The largest absolute Gasteiger partial charge is 2.00 e. The molecule has 14 heteroatoms. The summed E-state index contributed by atoms with van der Waals surface area (Å²) in [7, 11) is 0. The summed E-state index contributed by atoms with van der Waals surface area (Å²) < 4.78 is 0. The van der Waals surface area contributed by atoms with Crippen molar-refractivity contribution in [3.63, 3.8) is 0 Å². The maximum absolute atomic E-state index is 10.4. The Kier molecular flexibility index (Phi) is 11.6. The van der Waals surface area contributed by atoms with Gasteiger partial charge in [0.25, 0.3) is 0 Å². The first-order valence-corrected chi connectivity index (χ1v) is 20.7. The number of hydrogen-bond donors (Lipinski definition) is 11.